The molecule has 0 atom stereocenters. The number of rotatable bonds is 0. The van der Waals surface area contributed by atoms with Gasteiger partial charge in [0.05, 0.1) is 8.44 Å². The summed E-state index contributed by atoms with van der Waals surface area (Å²) in [6, 6.07) is -0.274. The molecule has 0 aliphatic rings. The van der Waals surface area contributed by atoms with Crippen molar-refractivity contribution < 1.29 is 4.11 Å². The van der Waals surface area contributed by atoms with Crippen LogP contribution in [0.5, 0.6) is 0 Å². The summed E-state index contributed by atoms with van der Waals surface area (Å²) in [5.41, 5.74) is 0.180. The second kappa shape index (κ2) is 2.09. The average Bonchev–Trinajstić information content (AvgIpc) is 2.01. The molecule has 3 heteroatoms. The lowest BCUT2D eigenvalue weighted by Gasteiger charge is -1.85. The number of halogens is 1. The summed E-state index contributed by atoms with van der Waals surface area (Å²) in [6.07, 6.45) is 0. The summed E-state index contributed by atoms with van der Waals surface area (Å²) >= 11 is 5.40. The number of aromatic nitrogens is 2. The molecule has 1 rings (SSSR count). The minimum Gasteiger partial charge on any atom is -0.154 e. The van der Waals surface area contributed by atoms with Crippen LogP contribution < -0.4 is 0 Å². The van der Waals surface area contributed by atoms with Crippen molar-refractivity contribution in [1.29, 1.82) is 0 Å². The van der Waals surface area contributed by atoms with E-state index in [9.17, 15) is 0 Å². The van der Waals surface area contributed by atoms with Crippen LogP contribution in [0.1, 0.15) is 9.81 Å². The molecule has 0 N–H and O–H groups in total. The number of hydrogen-bond acceptors (Lipinski definition) is 2. The van der Waals surface area contributed by atoms with Crippen LogP contribution in [0.25, 0.3) is 0 Å². The van der Waals surface area contributed by atoms with E-state index in [2.05, 4.69) is 10.2 Å². The fourth-order valence-corrected chi connectivity index (χ4v) is 0.363. The highest BCUT2D eigenvalue weighted by Gasteiger charge is 1.85. The second-order valence-corrected chi connectivity index (χ2v) is 1.55. The van der Waals surface area contributed by atoms with Crippen LogP contribution in [-0.4, -0.2) is 10.2 Å². The molecule has 0 bridgehead atoms. The van der Waals surface area contributed by atoms with Gasteiger partial charge >= 0.3 is 0 Å². The van der Waals surface area contributed by atoms with E-state index in [1.54, 1.807) is 0 Å². The van der Waals surface area contributed by atoms with Crippen molar-refractivity contribution in [3.05, 3.63) is 22.9 Å². The van der Waals surface area contributed by atoms with Crippen LogP contribution in [0.4, 0.5) is 0 Å². The molecule has 1 aromatic heterocycles. The summed E-state index contributed by atoms with van der Waals surface area (Å²) < 4.78 is 21.3. The van der Waals surface area contributed by atoms with Crippen molar-refractivity contribution in [3.8, 4) is 0 Å². The zero-order valence-electron chi connectivity index (χ0n) is 6.98. The predicted octanol–water partition coefficient (Wildman–Crippen LogP) is 1.44. The van der Waals surface area contributed by atoms with Crippen LogP contribution in [0.15, 0.2) is 12.1 Å². The molecule has 0 unspecified atom stereocenters. The maximum atomic E-state index is 7.24. The molecular weight excluding hydrogens is 124 g/mol. The maximum Gasteiger partial charge on any atom is 0.151 e. The Kier molecular flexibility index (Phi) is 0.727. The molecule has 1 aromatic rings. The van der Waals surface area contributed by atoms with Gasteiger partial charge in [-0.15, -0.1) is 5.10 Å². The van der Waals surface area contributed by atoms with E-state index in [1.165, 1.54) is 0 Å². The Bertz CT molecular complexity index is 279. The monoisotopic (exact) mass is 131 g/mol. The normalized spacial score (nSPS) is 14.4. The van der Waals surface area contributed by atoms with Gasteiger partial charge in [0.2, 0.25) is 0 Å². The highest BCUT2D eigenvalue weighted by molar-refractivity contribution is 6.29. The molecule has 0 amide bonds. The lowest BCUT2D eigenvalue weighted by atomic mass is 10.4. The lowest BCUT2D eigenvalue weighted by Crippen LogP contribution is -1.83. The van der Waals surface area contributed by atoms with Crippen molar-refractivity contribution in [2.24, 2.45) is 0 Å². The molecule has 42 valence electrons. The standard InChI is InChI=1S/C5H5ClN2/c1-4-2-3-5(6)8-7-4/h2-3H,1H3/i1D,2D,3D. The molecule has 0 saturated heterocycles. The molecule has 1 heterocycles. The van der Waals surface area contributed by atoms with Crippen molar-refractivity contribution in [2.75, 3.05) is 0 Å². The van der Waals surface area contributed by atoms with Gasteiger partial charge in [-0.1, -0.05) is 11.6 Å². The Balaban J connectivity index is 3.25. The summed E-state index contributed by atoms with van der Waals surface area (Å²) in [5, 5.41) is 6.79. The topological polar surface area (TPSA) is 25.8 Å². The smallest absolute Gasteiger partial charge is 0.151 e. The Morgan fingerprint density at radius 3 is 3.38 bits per heavy atom. The number of hydrogen-bond donors (Lipinski definition) is 0. The fraction of sp³-hybridized carbons (Fsp3) is 0.200. The Labute approximate surface area is 56.7 Å². The molecular formula is C5H5ClN2. The van der Waals surface area contributed by atoms with E-state index in [-0.39, 0.29) is 29.8 Å². The van der Waals surface area contributed by atoms with E-state index in [1.807, 2.05) is 0 Å². The van der Waals surface area contributed by atoms with Gasteiger partial charge in [-0.25, -0.2) is 0 Å². The first kappa shape index (κ1) is 2.78. The summed E-state index contributed by atoms with van der Waals surface area (Å²) in [6.45, 7) is -0.144. The Hall–Kier alpha value is -0.630. The van der Waals surface area contributed by atoms with Gasteiger partial charge in [0.25, 0.3) is 0 Å². The molecule has 0 aromatic carbocycles. The largest absolute Gasteiger partial charge is 0.154 e. The van der Waals surface area contributed by atoms with Crippen LogP contribution >= 0.6 is 11.6 Å². The zero-order valence-corrected chi connectivity index (χ0v) is 4.74. The number of aryl methyl sites for hydroxylation is 1. The molecule has 2 nitrogen and oxygen atoms in total. The summed E-state index contributed by atoms with van der Waals surface area (Å²) in [7, 11) is 0. The highest BCUT2D eigenvalue weighted by Crippen LogP contribution is 1.99. The molecule has 0 radical (unpaired) electrons. The summed E-state index contributed by atoms with van der Waals surface area (Å²) in [4.78, 5) is 0. The van der Waals surface area contributed by atoms with E-state index < -0.39 is 0 Å². The third-order valence-corrected chi connectivity index (χ3v) is 0.739. The first-order valence-electron chi connectivity index (χ1n) is 3.65. The van der Waals surface area contributed by atoms with Crippen molar-refractivity contribution >= 4 is 11.6 Å². The first-order valence-corrected chi connectivity index (χ1v) is 2.32. The zero-order chi connectivity index (χ0) is 8.43. The fourth-order valence-electron chi connectivity index (χ4n) is 0.278. The third-order valence-electron chi connectivity index (χ3n) is 0.568. The van der Waals surface area contributed by atoms with Crippen LogP contribution in [0, 0.1) is 6.90 Å². The Morgan fingerprint density at radius 1 is 1.75 bits per heavy atom. The van der Waals surface area contributed by atoms with E-state index in [0.717, 1.165) is 0 Å². The summed E-state index contributed by atoms with van der Waals surface area (Å²) in [5.74, 6) is 0. The van der Waals surface area contributed by atoms with Gasteiger partial charge in [-0.3, -0.25) is 0 Å². The van der Waals surface area contributed by atoms with Gasteiger partial charge in [0.15, 0.2) is 5.15 Å². The first-order chi connectivity index (χ1) is 5.16. The average molecular weight is 132 g/mol. The highest BCUT2D eigenvalue weighted by atomic mass is 35.5. The maximum absolute atomic E-state index is 7.24. The SMILES string of the molecule is [2H]Cc1nnc(Cl)c([2H])c1[2H]. The Morgan fingerprint density at radius 2 is 2.62 bits per heavy atom. The molecule has 0 aliphatic heterocycles. The quantitative estimate of drug-likeness (QED) is 0.533. The molecule has 0 aliphatic carbocycles. The second-order valence-electron chi connectivity index (χ2n) is 1.19. The van der Waals surface area contributed by atoms with Gasteiger partial charge in [-0.05, 0) is 19.0 Å². The van der Waals surface area contributed by atoms with Crippen molar-refractivity contribution in [2.45, 2.75) is 6.90 Å². The van der Waals surface area contributed by atoms with Gasteiger partial charge < -0.3 is 0 Å². The van der Waals surface area contributed by atoms with Gasteiger partial charge in [0, 0.05) is 1.37 Å². The molecule has 0 spiro atoms. The van der Waals surface area contributed by atoms with Crippen LogP contribution in [-0.2, 0) is 0 Å². The van der Waals surface area contributed by atoms with E-state index in [0.29, 0.717) is 0 Å². The van der Waals surface area contributed by atoms with E-state index in [4.69, 9.17) is 15.7 Å². The molecule has 8 heavy (non-hydrogen) atoms. The van der Waals surface area contributed by atoms with Gasteiger partial charge in [-0.2, -0.15) is 5.10 Å². The minimum absolute atomic E-state index is 0.0906. The molecule has 0 saturated carbocycles. The molecule has 0 fully saturated rings. The van der Waals surface area contributed by atoms with E-state index >= 15 is 0 Å². The predicted molar refractivity (Wildman–Crippen MR) is 31.8 cm³/mol. The minimum atomic E-state index is -0.163. The lowest BCUT2D eigenvalue weighted by molar-refractivity contribution is 0.981. The van der Waals surface area contributed by atoms with Crippen molar-refractivity contribution in [1.82, 2.24) is 10.2 Å². The number of nitrogens with zero attached hydrogens (tertiary/aromatic N) is 2. The van der Waals surface area contributed by atoms with Gasteiger partial charge in [0.1, 0.15) is 0 Å². The van der Waals surface area contributed by atoms with Crippen LogP contribution in [0.3, 0.4) is 0 Å². The third kappa shape index (κ3) is 1.17. The van der Waals surface area contributed by atoms with Crippen LogP contribution in [0.2, 0.25) is 5.15 Å². The van der Waals surface area contributed by atoms with Crippen molar-refractivity contribution in [3.63, 3.8) is 0 Å².